The number of carbonyl (C=O) groups is 1. The summed E-state index contributed by atoms with van der Waals surface area (Å²) in [5.74, 6) is -0.888. The first-order chi connectivity index (χ1) is 11.6. The highest BCUT2D eigenvalue weighted by atomic mass is 19.1. The molecule has 3 fully saturated rings. The minimum Gasteiger partial charge on any atom is -0.325 e. The first-order valence-corrected chi connectivity index (χ1v) is 9.15. The van der Waals surface area contributed by atoms with Gasteiger partial charge in [0.05, 0.1) is 0 Å². The molecule has 1 aromatic carbocycles. The van der Waals surface area contributed by atoms with Gasteiger partial charge in [-0.3, -0.25) is 0 Å². The van der Waals surface area contributed by atoms with Crippen LogP contribution in [0.2, 0.25) is 0 Å². The molecular weight excluding hydrogens is 310 g/mol. The molecule has 3 heterocycles. The number of urea groups is 1. The van der Waals surface area contributed by atoms with E-state index in [0.29, 0.717) is 5.56 Å². The normalized spacial score (nSPS) is 29.8. The molecule has 3 aliphatic rings. The molecule has 130 valence electrons. The molecule has 0 unspecified atom stereocenters. The molecule has 1 aromatic rings. The standard InChI is InChI=1S/C19H24F2N2O/c20-14-4-7-17(18(21)12-14)13-10-15-5-6-16(11-13)23(15)19(24)22-8-2-1-3-9-22/h4,7,12-13,15-16H,1-3,5-6,8-11H2/t13-,15+,16-. The van der Waals surface area contributed by atoms with Crippen LogP contribution in [-0.4, -0.2) is 41.0 Å². The number of amides is 2. The predicted octanol–water partition coefficient (Wildman–Crippen LogP) is 4.28. The molecule has 0 aliphatic carbocycles. The van der Waals surface area contributed by atoms with Gasteiger partial charge in [-0.15, -0.1) is 0 Å². The van der Waals surface area contributed by atoms with Crippen LogP contribution in [0.15, 0.2) is 18.2 Å². The lowest BCUT2D eigenvalue weighted by Gasteiger charge is -2.42. The Morgan fingerprint density at radius 2 is 1.67 bits per heavy atom. The fourth-order valence-corrected chi connectivity index (χ4v) is 4.82. The van der Waals surface area contributed by atoms with Gasteiger partial charge in [0.2, 0.25) is 0 Å². The van der Waals surface area contributed by atoms with E-state index >= 15 is 0 Å². The Kier molecular flexibility index (Phi) is 4.19. The van der Waals surface area contributed by atoms with Gasteiger partial charge in [0.15, 0.2) is 0 Å². The molecule has 3 atom stereocenters. The molecule has 0 radical (unpaired) electrons. The maximum Gasteiger partial charge on any atom is 0.320 e. The average Bonchev–Trinajstić information content (AvgIpc) is 2.85. The second kappa shape index (κ2) is 6.34. The number of piperidine rings is 2. The van der Waals surface area contributed by atoms with Gasteiger partial charge < -0.3 is 9.80 Å². The van der Waals surface area contributed by atoms with Crippen molar-refractivity contribution in [3.8, 4) is 0 Å². The molecule has 24 heavy (non-hydrogen) atoms. The third-order valence-electron chi connectivity index (χ3n) is 5.98. The number of benzene rings is 1. The summed E-state index contributed by atoms with van der Waals surface area (Å²) in [6, 6.07) is 4.48. The zero-order valence-electron chi connectivity index (χ0n) is 13.9. The first kappa shape index (κ1) is 15.9. The van der Waals surface area contributed by atoms with Crippen molar-refractivity contribution < 1.29 is 13.6 Å². The van der Waals surface area contributed by atoms with Crippen LogP contribution in [0.4, 0.5) is 13.6 Å². The number of halogens is 2. The van der Waals surface area contributed by atoms with E-state index in [1.165, 1.54) is 12.5 Å². The Morgan fingerprint density at radius 1 is 1.00 bits per heavy atom. The first-order valence-electron chi connectivity index (χ1n) is 9.15. The van der Waals surface area contributed by atoms with Crippen molar-refractivity contribution in [1.82, 2.24) is 9.80 Å². The number of hydrogen-bond acceptors (Lipinski definition) is 1. The monoisotopic (exact) mass is 334 g/mol. The van der Waals surface area contributed by atoms with Crippen LogP contribution >= 0.6 is 0 Å². The van der Waals surface area contributed by atoms with Crippen LogP contribution in [0.1, 0.15) is 56.4 Å². The Bertz CT molecular complexity index is 616. The van der Waals surface area contributed by atoms with E-state index in [9.17, 15) is 13.6 Å². The van der Waals surface area contributed by atoms with E-state index < -0.39 is 11.6 Å². The van der Waals surface area contributed by atoms with Crippen LogP contribution in [0.25, 0.3) is 0 Å². The minimum absolute atomic E-state index is 0.0912. The summed E-state index contributed by atoms with van der Waals surface area (Å²) in [5, 5.41) is 0. The van der Waals surface area contributed by atoms with Crippen LogP contribution in [-0.2, 0) is 0 Å². The van der Waals surface area contributed by atoms with Gasteiger partial charge >= 0.3 is 6.03 Å². The van der Waals surface area contributed by atoms with Gasteiger partial charge in [-0.2, -0.15) is 0 Å². The van der Waals surface area contributed by atoms with Crippen LogP contribution < -0.4 is 0 Å². The van der Waals surface area contributed by atoms with Gasteiger partial charge in [0, 0.05) is 31.2 Å². The van der Waals surface area contributed by atoms with E-state index in [2.05, 4.69) is 4.90 Å². The third-order valence-corrected chi connectivity index (χ3v) is 5.98. The highest BCUT2D eigenvalue weighted by molar-refractivity contribution is 5.76. The van der Waals surface area contributed by atoms with E-state index in [0.717, 1.165) is 57.7 Å². The second-order valence-electron chi connectivity index (χ2n) is 7.46. The van der Waals surface area contributed by atoms with Gasteiger partial charge in [-0.1, -0.05) is 6.07 Å². The van der Waals surface area contributed by atoms with Crippen molar-refractivity contribution in [2.45, 2.75) is 62.9 Å². The molecule has 3 aliphatic heterocycles. The maximum absolute atomic E-state index is 14.1. The molecule has 0 N–H and O–H groups in total. The van der Waals surface area contributed by atoms with Crippen molar-refractivity contribution in [2.24, 2.45) is 0 Å². The molecule has 4 rings (SSSR count). The zero-order chi connectivity index (χ0) is 16.7. The molecule has 3 nitrogen and oxygen atoms in total. The van der Waals surface area contributed by atoms with E-state index in [4.69, 9.17) is 0 Å². The lowest BCUT2D eigenvalue weighted by Crippen LogP contribution is -2.53. The summed E-state index contributed by atoms with van der Waals surface area (Å²) in [6.07, 6.45) is 6.99. The second-order valence-corrected chi connectivity index (χ2v) is 7.46. The third kappa shape index (κ3) is 2.78. The number of likely N-dealkylation sites (tertiary alicyclic amines) is 1. The van der Waals surface area contributed by atoms with Crippen LogP contribution in [0, 0.1) is 11.6 Å². The SMILES string of the molecule is O=C(N1CCCCC1)N1[C@@H]2CC[C@H]1C[C@@H](c1ccc(F)cc1F)C2. The quantitative estimate of drug-likeness (QED) is 0.752. The summed E-state index contributed by atoms with van der Waals surface area (Å²) in [4.78, 5) is 17.0. The Balaban J connectivity index is 1.50. The van der Waals surface area contributed by atoms with Gasteiger partial charge in [0.25, 0.3) is 0 Å². The number of nitrogens with zero attached hydrogens (tertiary/aromatic N) is 2. The average molecular weight is 334 g/mol. The fraction of sp³-hybridized carbons (Fsp3) is 0.632. The van der Waals surface area contributed by atoms with Crippen LogP contribution in [0.3, 0.4) is 0 Å². The van der Waals surface area contributed by atoms with Crippen molar-refractivity contribution >= 4 is 6.03 Å². The van der Waals surface area contributed by atoms with Gasteiger partial charge in [0.1, 0.15) is 11.6 Å². The lowest BCUT2D eigenvalue weighted by molar-refractivity contribution is 0.0987. The molecular formula is C19H24F2N2O. The number of carbonyl (C=O) groups excluding carboxylic acids is 1. The summed E-state index contributed by atoms with van der Waals surface area (Å²) < 4.78 is 27.3. The number of fused-ring (bicyclic) bond motifs is 2. The molecule has 5 heteroatoms. The highest BCUT2D eigenvalue weighted by Crippen LogP contribution is 2.44. The smallest absolute Gasteiger partial charge is 0.320 e. The van der Waals surface area contributed by atoms with Crippen molar-refractivity contribution in [3.63, 3.8) is 0 Å². The Labute approximate surface area is 141 Å². The molecule has 2 amide bonds. The summed E-state index contributed by atoms with van der Waals surface area (Å²) >= 11 is 0. The largest absolute Gasteiger partial charge is 0.325 e. The minimum atomic E-state index is -0.531. The summed E-state index contributed by atoms with van der Waals surface area (Å²) in [7, 11) is 0. The maximum atomic E-state index is 14.1. The van der Waals surface area contributed by atoms with Gasteiger partial charge in [-0.25, -0.2) is 13.6 Å². The van der Waals surface area contributed by atoms with Gasteiger partial charge in [-0.05, 0) is 62.5 Å². The lowest BCUT2D eigenvalue weighted by atomic mass is 9.85. The van der Waals surface area contributed by atoms with Crippen molar-refractivity contribution in [1.29, 1.82) is 0 Å². The Hall–Kier alpha value is -1.65. The topological polar surface area (TPSA) is 23.6 Å². The molecule has 3 saturated heterocycles. The predicted molar refractivity (Wildman–Crippen MR) is 87.8 cm³/mol. The van der Waals surface area contributed by atoms with E-state index in [1.54, 1.807) is 6.07 Å². The van der Waals surface area contributed by atoms with E-state index in [-0.39, 0.29) is 24.0 Å². The highest BCUT2D eigenvalue weighted by Gasteiger charge is 2.45. The molecule has 0 saturated carbocycles. The number of rotatable bonds is 1. The van der Waals surface area contributed by atoms with Crippen molar-refractivity contribution in [3.05, 3.63) is 35.4 Å². The molecule has 2 bridgehead atoms. The molecule has 0 aromatic heterocycles. The summed E-state index contributed by atoms with van der Waals surface area (Å²) in [5.41, 5.74) is 0.610. The zero-order valence-corrected chi connectivity index (χ0v) is 13.9. The molecule has 0 spiro atoms. The fourth-order valence-electron chi connectivity index (χ4n) is 4.82. The van der Waals surface area contributed by atoms with Crippen LogP contribution in [0.5, 0.6) is 0 Å². The Morgan fingerprint density at radius 3 is 2.29 bits per heavy atom. The number of hydrogen-bond donors (Lipinski definition) is 0. The van der Waals surface area contributed by atoms with Crippen molar-refractivity contribution in [2.75, 3.05) is 13.1 Å². The summed E-state index contributed by atoms with van der Waals surface area (Å²) in [6.45, 7) is 1.73. The van der Waals surface area contributed by atoms with E-state index in [1.807, 2.05) is 4.90 Å².